The van der Waals surface area contributed by atoms with E-state index < -0.39 is 5.60 Å². The molecule has 0 bridgehead atoms. The first-order valence-corrected chi connectivity index (χ1v) is 7.89. The minimum atomic E-state index is -0.477. The average molecular weight is 305 g/mol. The van der Waals surface area contributed by atoms with Crippen LogP contribution in [0.4, 0.5) is 4.79 Å². The van der Waals surface area contributed by atoms with Crippen LogP contribution in [0.2, 0.25) is 0 Å². The van der Waals surface area contributed by atoms with Gasteiger partial charge in [-0.2, -0.15) is 0 Å². The van der Waals surface area contributed by atoms with E-state index in [9.17, 15) is 9.90 Å². The van der Waals surface area contributed by atoms with E-state index in [0.717, 1.165) is 12.8 Å². The average Bonchev–Trinajstić information content (AvgIpc) is 3.19. The van der Waals surface area contributed by atoms with Crippen molar-refractivity contribution >= 4 is 6.09 Å². The largest absolute Gasteiger partial charge is 0.444 e. The van der Waals surface area contributed by atoms with Crippen molar-refractivity contribution in [3.8, 4) is 0 Å². The molecule has 1 saturated carbocycles. The van der Waals surface area contributed by atoms with Crippen LogP contribution < -0.4 is 0 Å². The predicted octanol–water partition coefficient (Wildman–Crippen LogP) is 3.19. The van der Waals surface area contributed by atoms with Crippen LogP contribution in [-0.4, -0.2) is 41.9 Å². The zero-order valence-electron chi connectivity index (χ0n) is 14.0. The molecule has 1 aliphatic rings. The molecule has 1 aromatic rings. The molecule has 2 unspecified atom stereocenters. The predicted molar refractivity (Wildman–Crippen MR) is 86.8 cm³/mol. The van der Waals surface area contributed by atoms with Crippen LogP contribution >= 0.6 is 0 Å². The summed E-state index contributed by atoms with van der Waals surface area (Å²) in [6.45, 7) is 6.43. The summed E-state index contributed by atoms with van der Waals surface area (Å²) in [6, 6.07) is 10.3. The molecule has 2 rings (SSSR count). The molecule has 0 saturated heterocycles. The van der Waals surface area contributed by atoms with E-state index in [1.165, 1.54) is 5.56 Å². The number of aliphatic hydroxyl groups excluding tert-OH is 1. The van der Waals surface area contributed by atoms with E-state index in [1.807, 2.05) is 39.0 Å². The Kier molecular flexibility index (Phi) is 4.81. The SMILES string of the molecule is CN(CCC1(c2ccccc2)CC1CO)C(=O)OC(C)(C)C. The van der Waals surface area contributed by atoms with Crippen molar-refractivity contribution in [2.24, 2.45) is 5.92 Å². The van der Waals surface area contributed by atoms with Gasteiger partial charge < -0.3 is 14.7 Å². The van der Waals surface area contributed by atoms with Crippen molar-refractivity contribution in [1.82, 2.24) is 4.90 Å². The maximum Gasteiger partial charge on any atom is 0.410 e. The number of carbonyl (C=O) groups excluding carboxylic acids is 1. The lowest BCUT2D eigenvalue weighted by Gasteiger charge is -2.26. The summed E-state index contributed by atoms with van der Waals surface area (Å²) in [5.74, 6) is 0.293. The number of hydrogen-bond acceptors (Lipinski definition) is 3. The third-order valence-electron chi connectivity index (χ3n) is 4.40. The zero-order valence-corrected chi connectivity index (χ0v) is 14.0. The van der Waals surface area contributed by atoms with Gasteiger partial charge in [0, 0.05) is 25.6 Å². The van der Waals surface area contributed by atoms with Crippen LogP contribution in [0.25, 0.3) is 0 Å². The van der Waals surface area contributed by atoms with Gasteiger partial charge in [-0.3, -0.25) is 0 Å². The summed E-state index contributed by atoms with van der Waals surface area (Å²) in [7, 11) is 1.77. The van der Waals surface area contributed by atoms with Crippen molar-refractivity contribution in [2.75, 3.05) is 20.2 Å². The third kappa shape index (κ3) is 3.80. The number of rotatable bonds is 5. The Morgan fingerprint density at radius 1 is 1.36 bits per heavy atom. The minimum absolute atomic E-state index is 0.00623. The normalized spacial score (nSPS) is 24.0. The van der Waals surface area contributed by atoms with Crippen LogP contribution in [0.5, 0.6) is 0 Å². The van der Waals surface area contributed by atoms with Crippen molar-refractivity contribution in [1.29, 1.82) is 0 Å². The highest BCUT2D eigenvalue weighted by Gasteiger charge is 2.54. The Labute approximate surface area is 133 Å². The molecule has 1 aromatic carbocycles. The molecule has 1 amide bonds. The van der Waals surface area contributed by atoms with E-state index in [2.05, 4.69) is 12.1 Å². The quantitative estimate of drug-likeness (QED) is 0.909. The van der Waals surface area contributed by atoms with Crippen LogP contribution in [0.3, 0.4) is 0 Å². The Morgan fingerprint density at radius 3 is 2.50 bits per heavy atom. The highest BCUT2D eigenvalue weighted by atomic mass is 16.6. The van der Waals surface area contributed by atoms with E-state index >= 15 is 0 Å². The molecule has 122 valence electrons. The maximum atomic E-state index is 12.0. The van der Waals surface area contributed by atoms with Gasteiger partial charge in [-0.1, -0.05) is 30.3 Å². The number of nitrogens with zero attached hydrogens (tertiary/aromatic N) is 1. The van der Waals surface area contributed by atoms with Gasteiger partial charge in [-0.25, -0.2) is 4.79 Å². The molecule has 0 heterocycles. The molecule has 1 N–H and O–H groups in total. The molecule has 0 radical (unpaired) electrons. The Bertz CT molecular complexity index is 509. The Morgan fingerprint density at radius 2 is 2.00 bits per heavy atom. The monoisotopic (exact) mass is 305 g/mol. The molecular formula is C18H27NO3. The molecule has 4 heteroatoms. The fourth-order valence-electron chi connectivity index (χ4n) is 2.99. The highest BCUT2D eigenvalue weighted by molar-refractivity contribution is 5.67. The number of benzene rings is 1. The Balaban J connectivity index is 1.98. The second kappa shape index (κ2) is 6.29. The minimum Gasteiger partial charge on any atom is -0.444 e. The molecule has 4 nitrogen and oxygen atoms in total. The van der Waals surface area contributed by atoms with Gasteiger partial charge in [0.1, 0.15) is 5.60 Å². The second-order valence-electron chi connectivity index (χ2n) is 7.26. The van der Waals surface area contributed by atoms with Gasteiger partial charge in [-0.05, 0) is 45.1 Å². The van der Waals surface area contributed by atoms with Gasteiger partial charge >= 0.3 is 6.09 Å². The topological polar surface area (TPSA) is 49.8 Å². The Hall–Kier alpha value is -1.55. The number of hydrogen-bond donors (Lipinski definition) is 1. The summed E-state index contributed by atoms with van der Waals surface area (Å²) in [4.78, 5) is 13.7. The summed E-state index contributed by atoms with van der Waals surface area (Å²) < 4.78 is 5.38. The van der Waals surface area contributed by atoms with Gasteiger partial charge in [-0.15, -0.1) is 0 Å². The van der Waals surface area contributed by atoms with Crippen molar-refractivity contribution in [3.05, 3.63) is 35.9 Å². The summed E-state index contributed by atoms with van der Waals surface area (Å²) in [6.07, 6.45) is 1.53. The molecule has 0 aliphatic heterocycles. The first-order valence-electron chi connectivity index (χ1n) is 7.89. The van der Waals surface area contributed by atoms with Crippen LogP contribution in [0.1, 0.15) is 39.2 Å². The summed E-state index contributed by atoms with van der Waals surface area (Å²) in [5.41, 5.74) is 0.786. The molecule has 22 heavy (non-hydrogen) atoms. The third-order valence-corrected chi connectivity index (χ3v) is 4.40. The van der Waals surface area contributed by atoms with Crippen LogP contribution in [0.15, 0.2) is 30.3 Å². The van der Waals surface area contributed by atoms with Gasteiger partial charge in [0.2, 0.25) is 0 Å². The van der Waals surface area contributed by atoms with E-state index in [4.69, 9.17) is 4.74 Å². The van der Waals surface area contributed by atoms with E-state index in [-0.39, 0.29) is 18.1 Å². The van der Waals surface area contributed by atoms with Crippen LogP contribution in [-0.2, 0) is 10.2 Å². The first kappa shape index (κ1) is 16.8. The summed E-state index contributed by atoms with van der Waals surface area (Å²) in [5, 5.41) is 9.52. The fourth-order valence-corrected chi connectivity index (χ4v) is 2.99. The van der Waals surface area contributed by atoms with E-state index in [0.29, 0.717) is 12.5 Å². The molecule has 1 aliphatic carbocycles. The maximum absolute atomic E-state index is 12.0. The number of carbonyl (C=O) groups is 1. The van der Waals surface area contributed by atoms with Crippen molar-refractivity contribution in [2.45, 2.75) is 44.6 Å². The first-order chi connectivity index (χ1) is 10.3. The zero-order chi connectivity index (χ0) is 16.4. The van der Waals surface area contributed by atoms with Gasteiger partial charge in [0.05, 0.1) is 0 Å². The molecule has 2 atom stereocenters. The fraction of sp³-hybridized carbons (Fsp3) is 0.611. The number of ether oxygens (including phenoxy) is 1. The van der Waals surface area contributed by atoms with Crippen molar-refractivity contribution in [3.63, 3.8) is 0 Å². The van der Waals surface area contributed by atoms with Gasteiger partial charge in [0.25, 0.3) is 0 Å². The molecule has 0 spiro atoms. The lowest BCUT2D eigenvalue weighted by molar-refractivity contribution is 0.0292. The molecular weight excluding hydrogens is 278 g/mol. The number of amides is 1. The molecule has 1 fully saturated rings. The lowest BCUT2D eigenvalue weighted by Crippen LogP contribution is -2.36. The van der Waals surface area contributed by atoms with Crippen LogP contribution in [0, 0.1) is 5.92 Å². The lowest BCUT2D eigenvalue weighted by atomic mass is 9.89. The number of aliphatic hydroxyl groups is 1. The molecule has 0 aromatic heterocycles. The van der Waals surface area contributed by atoms with Gasteiger partial charge in [0.15, 0.2) is 0 Å². The van der Waals surface area contributed by atoms with Crippen molar-refractivity contribution < 1.29 is 14.6 Å². The smallest absolute Gasteiger partial charge is 0.410 e. The standard InChI is InChI=1S/C18H27NO3/c1-17(2,3)22-16(21)19(4)11-10-18(12-15(18)13-20)14-8-6-5-7-9-14/h5-9,15,20H,10-13H2,1-4H3. The van der Waals surface area contributed by atoms with E-state index in [1.54, 1.807) is 11.9 Å². The second-order valence-corrected chi connectivity index (χ2v) is 7.26. The highest BCUT2D eigenvalue weighted by Crippen LogP contribution is 2.56. The summed E-state index contributed by atoms with van der Waals surface area (Å²) >= 11 is 0.